The van der Waals surface area contributed by atoms with Gasteiger partial charge in [0.2, 0.25) is 0 Å². The van der Waals surface area contributed by atoms with Crippen molar-refractivity contribution in [1.82, 2.24) is 14.9 Å². The van der Waals surface area contributed by atoms with Gasteiger partial charge in [0.25, 0.3) is 0 Å². The van der Waals surface area contributed by atoms with Crippen molar-refractivity contribution >= 4 is 45.4 Å². The molecule has 3 aromatic carbocycles. The van der Waals surface area contributed by atoms with Crippen LogP contribution in [0.5, 0.6) is 0 Å². The molecule has 1 N–H and O–H groups in total. The summed E-state index contributed by atoms with van der Waals surface area (Å²) in [5.41, 5.74) is 4.15. The average Bonchev–Trinajstić information content (AvgIpc) is 3.49. The van der Waals surface area contributed by atoms with E-state index in [4.69, 9.17) is 23.8 Å². The van der Waals surface area contributed by atoms with Crippen LogP contribution >= 0.6 is 23.8 Å². The zero-order valence-electron chi connectivity index (χ0n) is 18.2. The molecule has 3 heterocycles. The van der Waals surface area contributed by atoms with Crippen LogP contribution in [0.2, 0.25) is 5.02 Å². The van der Waals surface area contributed by atoms with Crippen molar-refractivity contribution in [2.75, 3.05) is 4.90 Å². The lowest BCUT2D eigenvalue weighted by atomic mass is 10.0. The zero-order chi connectivity index (χ0) is 23.1. The Morgan fingerprint density at radius 3 is 2.35 bits per heavy atom. The fourth-order valence-electron chi connectivity index (χ4n) is 4.73. The maximum absolute atomic E-state index is 6.19. The second kappa shape index (κ2) is 8.60. The Bertz CT molecular complexity index is 1480. The minimum atomic E-state index is -0.113. The summed E-state index contributed by atoms with van der Waals surface area (Å²) >= 11 is 12.0. The highest BCUT2D eigenvalue weighted by Gasteiger charge is 2.42. The van der Waals surface area contributed by atoms with Crippen LogP contribution in [0.4, 0.5) is 5.69 Å². The quantitative estimate of drug-likeness (QED) is 0.285. The van der Waals surface area contributed by atoms with E-state index in [0.29, 0.717) is 10.1 Å². The third-order valence-corrected chi connectivity index (χ3v) is 6.86. The predicted molar refractivity (Wildman–Crippen MR) is 143 cm³/mol. The largest absolute Gasteiger partial charge is 0.351 e. The van der Waals surface area contributed by atoms with Gasteiger partial charge in [0.15, 0.2) is 5.11 Å². The van der Waals surface area contributed by atoms with Crippen molar-refractivity contribution in [2.45, 2.75) is 12.1 Å². The van der Waals surface area contributed by atoms with Crippen molar-refractivity contribution < 1.29 is 0 Å². The first kappa shape index (κ1) is 20.9. The molecule has 166 valence electrons. The van der Waals surface area contributed by atoms with E-state index in [9.17, 15) is 0 Å². The predicted octanol–water partition coefficient (Wildman–Crippen LogP) is 6.86. The lowest BCUT2D eigenvalue weighted by molar-refractivity contribution is 0.549. The Morgan fingerprint density at radius 2 is 1.56 bits per heavy atom. The topological polar surface area (TPSA) is 33.1 Å². The highest BCUT2D eigenvalue weighted by atomic mass is 35.5. The Labute approximate surface area is 208 Å². The Morgan fingerprint density at radius 1 is 0.794 bits per heavy atom. The summed E-state index contributed by atoms with van der Waals surface area (Å²) in [7, 11) is 0. The molecule has 4 nitrogen and oxygen atoms in total. The molecule has 2 atom stereocenters. The second-order valence-electron chi connectivity index (χ2n) is 8.31. The van der Waals surface area contributed by atoms with Gasteiger partial charge in [-0.2, -0.15) is 0 Å². The van der Waals surface area contributed by atoms with Crippen LogP contribution in [-0.2, 0) is 0 Å². The summed E-state index contributed by atoms with van der Waals surface area (Å²) in [6.45, 7) is 0. The molecule has 1 saturated heterocycles. The standard InChI is InChI=1S/C28H21ClN4S/c29-21-11-14-22(15-12-21)33-27(26(31-28(33)34)24-8-3-4-16-30-24)25-9-5-17-32(25)23-13-10-19-6-1-2-7-20(19)18-23/h1-18,26-27H,(H,31,34)/t26-,27+/m1/s1. The van der Waals surface area contributed by atoms with Gasteiger partial charge in [0.05, 0.1) is 11.7 Å². The van der Waals surface area contributed by atoms with E-state index in [2.05, 4.69) is 80.6 Å². The molecular formula is C28H21ClN4S. The molecule has 6 rings (SSSR count). The number of benzene rings is 3. The van der Waals surface area contributed by atoms with Gasteiger partial charge in [-0.15, -0.1) is 0 Å². The number of fused-ring (bicyclic) bond motifs is 1. The first-order valence-electron chi connectivity index (χ1n) is 11.1. The number of hydrogen-bond acceptors (Lipinski definition) is 2. The minimum absolute atomic E-state index is 0.106. The smallest absolute Gasteiger partial charge is 0.174 e. The van der Waals surface area contributed by atoms with E-state index in [0.717, 1.165) is 22.8 Å². The monoisotopic (exact) mass is 480 g/mol. The molecule has 0 saturated carbocycles. The summed E-state index contributed by atoms with van der Waals surface area (Å²) in [4.78, 5) is 6.83. The molecule has 0 bridgehead atoms. The van der Waals surface area contributed by atoms with Crippen LogP contribution in [0.25, 0.3) is 16.5 Å². The van der Waals surface area contributed by atoms with Crippen LogP contribution in [0.1, 0.15) is 23.5 Å². The van der Waals surface area contributed by atoms with Gasteiger partial charge in [-0.1, -0.05) is 48.0 Å². The Balaban J connectivity index is 1.51. The number of aromatic nitrogens is 2. The summed E-state index contributed by atoms with van der Waals surface area (Å²) in [5.74, 6) is 0. The van der Waals surface area contributed by atoms with E-state index in [1.165, 1.54) is 10.8 Å². The van der Waals surface area contributed by atoms with Crippen LogP contribution in [0, 0.1) is 0 Å². The maximum Gasteiger partial charge on any atom is 0.174 e. The van der Waals surface area contributed by atoms with E-state index in [1.807, 2.05) is 48.7 Å². The van der Waals surface area contributed by atoms with E-state index in [-0.39, 0.29) is 12.1 Å². The number of anilines is 1. The van der Waals surface area contributed by atoms with Gasteiger partial charge >= 0.3 is 0 Å². The molecule has 0 spiro atoms. The molecule has 0 aliphatic carbocycles. The Kier molecular flexibility index (Phi) is 5.28. The molecule has 0 amide bonds. The molecular weight excluding hydrogens is 460 g/mol. The third kappa shape index (κ3) is 3.63. The number of nitrogens with one attached hydrogen (secondary N) is 1. The van der Waals surface area contributed by atoms with Crippen molar-refractivity contribution in [3.05, 3.63) is 126 Å². The van der Waals surface area contributed by atoms with Gasteiger partial charge in [-0.3, -0.25) is 4.98 Å². The van der Waals surface area contributed by atoms with Gasteiger partial charge in [0, 0.05) is 34.5 Å². The number of nitrogens with zero attached hydrogens (tertiary/aromatic N) is 3. The summed E-state index contributed by atoms with van der Waals surface area (Å²) in [6.07, 6.45) is 3.93. The molecule has 0 radical (unpaired) electrons. The fraction of sp³-hybridized carbons (Fsp3) is 0.0714. The Hall–Kier alpha value is -3.67. The molecule has 1 aliphatic rings. The maximum atomic E-state index is 6.19. The average molecular weight is 481 g/mol. The van der Waals surface area contributed by atoms with Gasteiger partial charge < -0.3 is 14.8 Å². The lowest BCUT2D eigenvalue weighted by Gasteiger charge is -2.29. The normalized spacial score (nSPS) is 17.8. The van der Waals surface area contributed by atoms with Crippen LogP contribution in [-0.4, -0.2) is 14.7 Å². The van der Waals surface area contributed by atoms with Crippen LogP contribution in [0.3, 0.4) is 0 Å². The van der Waals surface area contributed by atoms with Crippen LogP contribution in [0.15, 0.2) is 109 Å². The summed E-state index contributed by atoms with van der Waals surface area (Å²) in [5, 5.41) is 7.31. The summed E-state index contributed by atoms with van der Waals surface area (Å²) in [6, 6.07) is 32.8. The molecule has 1 fully saturated rings. The minimum Gasteiger partial charge on any atom is -0.351 e. The SMILES string of the molecule is S=C1N[C@H](c2ccccn2)[C@H](c2cccn2-c2ccc3ccccc3c2)N1c1ccc(Cl)cc1. The van der Waals surface area contributed by atoms with Crippen molar-refractivity contribution in [2.24, 2.45) is 0 Å². The highest BCUT2D eigenvalue weighted by molar-refractivity contribution is 7.80. The number of rotatable bonds is 4. The highest BCUT2D eigenvalue weighted by Crippen LogP contribution is 2.42. The third-order valence-electron chi connectivity index (χ3n) is 6.30. The fourth-order valence-corrected chi connectivity index (χ4v) is 5.20. The zero-order valence-corrected chi connectivity index (χ0v) is 19.7. The van der Waals surface area contributed by atoms with E-state index < -0.39 is 0 Å². The van der Waals surface area contributed by atoms with E-state index >= 15 is 0 Å². The molecule has 2 aromatic heterocycles. The molecule has 34 heavy (non-hydrogen) atoms. The number of pyridine rings is 1. The van der Waals surface area contributed by atoms with Gasteiger partial charge in [-0.25, -0.2) is 0 Å². The molecule has 6 heteroatoms. The number of halogens is 1. The first-order chi connectivity index (χ1) is 16.7. The van der Waals surface area contributed by atoms with Crippen molar-refractivity contribution in [3.63, 3.8) is 0 Å². The number of thiocarbonyl (C=S) groups is 1. The second-order valence-corrected chi connectivity index (χ2v) is 9.13. The van der Waals surface area contributed by atoms with E-state index in [1.54, 1.807) is 0 Å². The molecule has 0 unspecified atom stereocenters. The van der Waals surface area contributed by atoms with Gasteiger partial charge in [0.1, 0.15) is 6.04 Å². The first-order valence-corrected chi connectivity index (χ1v) is 11.9. The van der Waals surface area contributed by atoms with Crippen LogP contribution < -0.4 is 10.2 Å². The summed E-state index contributed by atoms with van der Waals surface area (Å²) < 4.78 is 2.24. The molecule has 5 aromatic rings. The molecule has 1 aliphatic heterocycles. The van der Waals surface area contributed by atoms with Gasteiger partial charge in [-0.05, 0) is 83.7 Å². The lowest BCUT2D eigenvalue weighted by Crippen LogP contribution is -2.30. The van der Waals surface area contributed by atoms with Crippen molar-refractivity contribution in [1.29, 1.82) is 0 Å². The van der Waals surface area contributed by atoms with Crippen molar-refractivity contribution in [3.8, 4) is 5.69 Å². The number of hydrogen-bond donors (Lipinski definition) is 1.